The number of carbonyl (C=O) groups excluding carboxylic acids is 1. The number of benzene rings is 1. The summed E-state index contributed by atoms with van der Waals surface area (Å²) in [4.78, 5) is 17.2. The Morgan fingerprint density at radius 1 is 1.32 bits per heavy atom. The van der Waals surface area contributed by atoms with Crippen molar-refractivity contribution >= 4 is 22.4 Å². The molecule has 0 bridgehead atoms. The summed E-state index contributed by atoms with van der Waals surface area (Å²) in [6, 6.07) is 8.20. The highest BCUT2D eigenvalue weighted by molar-refractivity contribution is 7.14. The zero-order chi connectivity index (χ0) is 13.8. The quantitative estimate of drug-likeness (QED) is 0.881. The Kier molecular flexibility index (Phi) is 4.29. The maximum Gasteiger partial charge on any atom is 0.281 e. The Balaban J connectivity index is 2.07. The number of rotatable bonds is 4. The molecule has 4 nitrogen and oxygen atoms in total. The van der Waals surface area contributed by atoms with Crippen LogP contribution in [0.25, 0.3) is 11.3 Å². The molecule has 1 aromatic carbocycles. The molecule has 100 valence electrons. The van der Waals surface area contributed by atoms with Gasteiger partial charge in [0, 0.05) is 10.9 Å². The minimum absolute atomic E-state index is 0.00944. The second-order valence-electron chi connectivity index (χ2n) is 4.84. The van der Waals surface area contributed by atoms with E-state index in [-0.39, 0.29) is 5.91 Å². The summed E-state index contributed by atoms with van der Waals surface area (Å²) >= 11 is 1.45. The van der Waals surface area contributed by atoms with Crippen molar-refractivity contribution in [3.63, 3.8) is 0 Å². The number of nitrogens with one attached hydrogen (secondary N) is 2. The Morgan fingerprint density at radius 3 is 2.63 bits per heavy atom. The molecule has 0 radical (unpaired) electrons. The zero-order valence-corrected chi connectivity index (χ0v) is 12.2. The molecule has 0 aliphatic rings. The monoisotopic (exact) mass is 276 g/mol. The Morgan fingerprint density at radius 2 is 2.00 bits per heavy atom. The molecule has 1 amide bonds. The topological polar surface area (TPSA) is 46.4 Å². The lowest BCUT2D eigenvalue weighted by atomic mass is 10.1. The van der Waals surface area contributed by atoms with Gasteiger partial charge in [0.25, 0.3) is 5.91 Å². The standard InChI is InChI=1S/C14H17N3OS/c1-10-4-6-11(7-5-10)12-9-19-14(15-12)16-13(18)8-17(2)3/h4-7,9H,8H2,1-3H3,(H,15,16,18)/p+1. The first kappa shape index (κ1) is 13.7. The molecule has 0 aliphatic carbocycles. The average Bonchev–Trinajstić information content (AvgIpc) is 2.77. The minimum Gasteiger partial charge on any atom is -0.332 e. The number of hydrogen-bond acceptors (Lipinski definition) is 3. The van der Waals surface area contributed by atoms with Crippen molar-refractivity contribution in [3.05, 3.63) is 35.2 Å². The maximum absolute atomic E-state index is 11.6. The van der Waals surface area contributed by atoms with Gasteiger partial charge in [0.05, 0.1) is 19.8 Å². The molecule has 0 fully saturated rings. The smallest absolute Gasteiger partial charge is 0.281 e. The Bertz CT molecular complexity index is 560. The molecule has 0 saturated heterocycles. The van der Waals surface area contributed by atoms with E-state index in [1.165, 1.54) is 16.9 Å². The third-order valence-electron chi connectivity index (χ3n) is 2.61. The van der Waals surface area contributed by atoms with Crippen LogP contribution < -0.4 is 10.2 Å². The van der Waals surface area contributed by atoms with Crippen LogP contribution in [0.1, 0.15) is 5.56 Å². The van der Waals surface area contributed by atoms with Gasteiger partial charge in [-0.2, -0.15) is 0 Å². The first-order valence-corrected chi connectivity index (χ1v) is 7.04. The van der Waals surface area contributed by atoms with Crippen molar-refractivity contribution in [3.8, 4) is 11.3 Å². The number of likely N-dealkylation sites (N-methyl/N-ethyl adjacent to an activating group) is 1. The average molecular weight is 276 g/mol. The fourth-order valence-corrected chi connectivity index (χ4v) is 2.41. The van der Waals surface area contributed by atoms with Crippen LogP contribution in [0.3, 0.4) is 0 Å². The van der Waals surface area contributed by atoms with Crippen molar-refractivity contribution in [1.82, 2.24) is 4.98 Å². The van der Waals surface area contributed by atoms with Crippen molar-refractivity contribution in [2.45, 2.75) is 6.92 Å². The molecule has 2 rings (SSSR count). The lowest BCUT2D eigenvalue weighted by Crippen LogP contribution is -3.06. The molecular formula is C14H18N3OS+. The van der Waals surface area contributed by atoms with E-state index in [0.717, 1.165) is 16.2 Å². The molecule has 2 aromatic rings. The van der Waals surface area contributed by atoms with E-state index in [2.05, 4.69) is 29.4 Å². The highest BCUT2D eigenvalue weighted by Gasteiger charge is 2.10. The van der Waals surface area contributed by atoms with E-state index in [0.29, 0.717) is 11.7 Å². The van der Waals surface area contributed by atoms with E-state index in [9.17, 15) is 4.79 Å². The molecule has 1 heterocycles. The summed E-state index contributed by atoms with van der Waals surface area (Å²) in [5, 5.41) is 5.44. The summed E-state index contributed by atoms with van der Waals surface area (Å²) < 4.78 is 0. The molecule has 0 saturated carbocycles. The second kappa shape index (κ2) is 5.95. The fraction of sp³-hybridized carbons (Fsp3) is 0.286. The van der Waals surface area contributed by atoms with Crippen LogP contribution in [-0.4, -0.2) is 31.5 Å². The van der Waals surface area contributed by atoms with Crippen LogP contribution in [0.2, 0.25) is 0 Å². The molecule has 2 N–H and O–H groups in total. The number of quaternary nitrogens is 1. The number of aryl methyl sites for hydroxylation is 1. The SMILES string of the molecule is Cc1ccc(-c2csc(NC(=O)C[NH+](C)C)n2)cc1. The summed E-state index contributed by atoms with van der Waals surface area (Å²) in [5.74, 6) is -0.00944. The molecule has 1 aromatic heterocycles. The second-order valence-corrected chi connectivity index (χ2v) is 5.69. The van der Waals surface area contributed by atoms with Crippen molar-refractivity contribution in [2.24, 2.45) is 0 Å². The van der Waals surface area contributed by atoms with Crippen molar-refractivity contribution in [1.29, 1.82) is 0 Å². The number of hydrogen-bond donors (Lipinski definition) is 2. The lowest BCUT2D eigenvalue weighted by molar-refractivity contribution is -0.849. The summed E-state index contributed by atoms with van der Waals surface area (Å²) in [5.41, 5.74) is 3.19. The van der Waals surface area contributed by atoms with Gasteiger partial charge in [-0.3, -0.25) is 10.1 Å². The molecule has 19 heavy (non-hydrogen) atoms. The van der Waals surface area contributed by atoms with Crippen LogP contribution in [-0.2, 0) is 4.79 Å². The molecule has 5 heteroatoms. The van der Waals surface area contributed by atoms with Gasteiger partial charge in [0.1, 0.15) is 0 Å². The van der Waals surface area contributed by atoms with E-state index in [1.54, 1.807) is 0 Å². The number of anilines is 1. The Labute approximate surface area is 117 Å². The van der Waals surface area contributed by atoms with E-state index in [4.69, 9.17) is 0 Å². The predicted octanol–water partition coefficient (Wildman–Crippen LogP) is 1.20. The first-order valence-electron chi connectivity index (χ1n) is 6.16. The van der Waals surface area contributed by atoms with Crippen LogP contribution in [0.15, 0.2) is 29.6 Å². The summed E-state index contributed by atoms with van der Waals surface area (Å²) in [7, 11) is 3.89. The van der Waals surface area contributed by atoms with Crippen molar-refractivity contribution in [2.75, 3.05) is 26.0 Å². The fourth-order valence-electron chi connectivity index (χ4n) is 1.67. The van der Waals surface area contributed by atoms with Gasteiger partial charge in [-0.15, -0.1) is 11.3 Å². The molecule has 0 atom stereocenters. The summed E-state index contributed by atoms with van der Waals surface area (Å²) in [6.45, 7) is 2.50. The summed E-state index contributed by atoms with van der Waals surface area (Å²) in [6.07, 6.45) is 0. The Hall–Kier alpha value is -1.72. The first-order chi connectivity index (χ1) is 9.04. The van der Waals surface area contributed by atoms with Crippen LogP contribution in [0.4, 0.5) is 5.13 Å². The number of amides is 1. The minimum atomic E-state index is -0.00944. The van der Waals surface area contributed by atoms with Gasteiger partial charge in [-0.05, 0) is 6.92 Å². The van der Waals surface area contributed by atoms with Gasteiger partial charge in [-0.1, -0.05) is 29.8 Å². The lowest BCUT2D eigenvalue weighted by Gasteiger charge is -2.05. The van der Waals surface area contributed by atoms with E-state index in [1.807, 2.05) is 31.6 Å². The van der Waals surface area contributed by atoms with Gasteiger partial charge in [0.2, 0.25) is 0 Å². The highest BCUT2D eigenvalue weighted by Crippen LogP contribution is 2.24. The van der Waals surface area contributed by atoms with Gasteiger partial charge >= 0.3 is 0 Å². The largest absolute Gasteiger partial charge is 0.332 e. The third-order valence-corrected chi connectivity index (χ3v) is 3.37. The van der Waals surface area contributed by atoms with Crippen LogP contribution in [0.5, 0.6) is 0 Å². The van der Waals surface area contributed by atoms with E-state index >= 15 is 0 Å². The molecular weight excluding hydrogens is 258 g/mol. The van der Waals surface area contributed by atoms with Gasteiger partial charge in [0.15, 0.2) is 11.7 Å². The van der Waals surface area contributed by atoms with Crippen LogP contribution >= 0.6 is 11.3 Å². The normalized spacial score (nSPS) is 10.7. The zero-order valence-electron chi connectivity index (χ0n) is 11.4. The number of carbonyl (C=O) groups is 1. The highest BCUT2D eigenvalue weighted by atomic mass is 32.1. The van der Waals surface area contributed by atoms with Gasteiger partial charge in [-0.25, -0.2) is 4.98 Å². The third kappa shape index (κ3) is 3.87. The van der Waals surface area contributed by atoms with Crippen LogP contribution in [0, 0.1) is 6.92 Å². The van der Waals surface area contributed by atoms with Gasteiger partial charge < -0.3 is 4.90 Å². The maximum atomic E-state index is 11.6. The number of thiazole rings is 1. The number of nitrogens with zero attached hydrogens (tertiary/aromatic N) is 1. The molecule has 0 aliphatic heterocycles. The number of aromatic nitrogens is 1. The van der Waals surface area contributed by atoms with Crippen molar-refractivity contribution < 1.29 is 9.69 Å². The predicted molar refractivity (Wildman–Crippen MR) is 78.6 cm³/mol. The van der Waals surface area contributed by atoms with E-state index < -0.39 is 0 Å². The molecule has 0 spiro atoms. The molecule has 0 unspecified atom stereocenters.